The minimum Gasteiger partial charge on any atom is -0.453 e. The first-order chi connectivity index (χ1) is 21.8. The van der Waals surface area contributed by atoms with Crippen LogP contribution < -0.4 is 10.6 Å². The number of nitrogens with one attached hydrogen (secondary N) is 4. The summed E-state index contributed by atoms with van der Waals surface area (Å²) >= 11 is 0. The molecule has 0 aliphatic carbocycles. The Labute approximate surface area is 262 Å². The maximum absolute atomic E-state index is 12.6. The van der Waals surface area contributed by atoms with Crippen molar-refractivity contribution in [1.29, 1.82) is 0 Å². The van der Waals surface area contributed by atoms with Crippen LogP contribution in [0.3, 0.4) is 0 Å². The zero-order valence-electron chi connectivity index (χ0n) is 25.9. The molecule has 2 amide bonds. The van der Waals surface area contributed by atoms with E-state index in [2.05, 4.69) is 103 Å². The van der Waals surface area contributed by atoms with Crippen LogP contribution in [0.4, 0.5) is 4.79 Å². The van der Waals surface area contributed by atoms with Gasteiger partial charge in [-0.25, -0.2) is 14.8 Å². The number of nitrogens with zero attached hydrogens (tertiary/aromatic N) is 3. The number of ether oxygens (including phenoxy) is 1. The highest BCUT2D eigenvalue weighted by atomic mass is 16.5. The molecule has 2 heterocycles. The Balaban J connectivity index is 1.25. The van der Waals surface area contributed by atoms with E-state index in [1.807, 2.05) is 20.0 Å². The van der Waals surface area contributed by atoms with Gasteiger partial charge in [0.2, 0.25) is 5.91 Å². The van der Waals surface area contributed by atoms with Crippen LogP contribution in [0, 0.1) is 0 Å². The summed E-state index contributed by atoms with van der Waals surface area (Å²) in [5.74, 6) is 1.37. The fourth-order valence-corrected chi connectivity index (χ4v) is 5.09. The van der Waals surface area contributed by atoms with Gasteiger partial charge in [0.15, 0.2) is 0 Å². The van der Waals surface area contributed by atoms with Gasteiger partial charge in [-0.15, -0.1) is 0 Å². The highest BCUT2D eigenvalue weighted by Gasteiger charge is 2.16. The molecule has 0 aliphatic heterocycles. The fraction of sp³-hybridized carbons (Fsp3) is 0.257. The third-order valence-corrected chi connectivity index (χ3v) is 7.41. The second-order valence-electron chi connectivity index (χ2n) is 11.1. The maximum atomic E-state index is 12.6. The van der Waals surface area contributed by atoms with Gasteiger partial charge in [0.1, 0.15) is 18.2 Å². The van der Waals surface area contributed by atoms with Gasteiger partial charge in [-0.1, -0.05) is 67.6 Å². The number of alkyl carbamates (subject to hydrolysis) is 1. The molecule has 0 bridgehead atoms. The van der Waals surface area contributed by atoms with Crippen LogP contribution in [0.2, 0.25) is 0 Å². The number of amides is 2. The molecule has 0 saturated carbocycles. The summed E-state index contributed by atoms with van der Waals surface area (Å²) in [5.41, 5.74) is 7.32. The SMILES string of the molecule is C=C(C)CNCc1ncc(-c2ccc(-c3ccc4cc(-c5cnc(CN(CCC)C(=O)CNC(=O)OC)[nH]5)ccc4c3)cc2)[nH]1. The number of hydrogen-bond acceptors (Lipinski definition) is 6. The number of carbonyl (C=O) groups is 2. The Morgan fingerprint density at radius 2 is 1.44 bits per heavy atom. The van der Waals surface area contributed by atoms with Gasteiger partial charge in [-0.3, -0.25) is 4.79 Å². The van der Waals surface area contributed by atoms with Crippen molar-refractivity contribution in [3.8, 4) is 33.6 Å². The number of aromatic nitrogens is 4. The van der Waals surface area contributed by atoms with E-state index in [9.17, 15) is 9.59 Å². The van der Waals surface area contributed by atoms with Gasteiger partial charge in [0.25, 0.3) is 0 Å². The molecule has 2 aromatic heterocycles. The number of H-pyrrole nitrogens is 2. The van der Waals surface area contributed by atoms with E-state index in [1.54, 1.807) is 11.1 Å². The number of fused-ring (bicyclic) bond motifs is 1. The first-order valence-corrected chi connectivity index (χ1v) is 15.0. The van der Waals surface area contributed by atoms with Crippen molar-refractivity contribution in [2.75, 3.05) is 26.7 Å². The standard InChI is InChI=1S/C35H39N7O3/c1-5-14-42(34(43)21-39-35(44)45-4)22-33-38-19-31(41-33)29-13-12-27-15-26(10-11-28(27)16-29)24-6-8-25(9-7-24)30-18-37-32(40-30)20-36-17-23(2)3/h6-13,15-16,18-19,36H,2,5,14,17,20-22H2,1,3-4H3,(H,37,40)(H,38,41)(H,39,44). The number of hydrogen-bond donors (Lipinski definition) is 4. The number of aromatic amines is 2. The zero-order chi connectivity index (χ0) is 31.8. The summed E-state index contributed by atoms with van der Waals surface area (Å²) in [5, 5.41) is 8.02. The number of imidazole rings is 2. The largest absolute Gasteiger partial charge is 0.453 e. The second-order valence-corrected chi connectivity index (χ2v) is 11.1. The molecule has 0 radical (unpaired) electrons. The molecule has 45 heavy (non-hydrogen) atoms. The van der Waals surface area contributed by atoms with Crippen molar-refractivity contribution in [2.24, 2.45) is 0 Å². The van der Waals surface area contributed by atoms with Crippen molar-refractivity contribution >= 4 is 22.8 Å². The molecule has 5 aromatic rings. The molecular weight excluding hydrogens is 566 g/mol. The highest BCUT2D eigenvalue weighted by Crippen LogP contribution is 2.29. The topological polar surface area (TPSA) is 128 Å². The number of rotatable bonds is 13. The third-order valence-electron chi connectivity index (χ3n) is 7.41. The van der Waals surface area contributed by atoms with Crippen molar-refractivity contribution in [3.05, 3.63) is 96.9 Å². The Morgan fingerprint density at radius 3 is 2.13 bits per heavy atom. The van der Waals surface area contributed by atoms with Crippen molar-refractivity contribution in [3.63, 3.8) is 0 Å². The van der Waals surface area contributed by atoms with E-state index in [0.29, 0.717) is 25.5 Å². The summed E-state index contributed by atoms with van der Waals surface area (Å²) < 4.78 is 4.56. The monoisotopic (exact) mass is 605 g/mol. The molecule has 0 unspecified atom stereocenters. The van der Waals surface area contributed by atoms with Gasteiger partial charge < -0.3 is 30.2 Å². The van der Waals surface area contributed by atoms with Crippen molar-refractivity contribution in [1.82, 2.24) is 35.5 Å². The third kappa shape index (κ3) is 8.04. The predicted octanol–water partition coefficient (Wildman–Crippen LogP) is 6.05. The summed E-state index contributed by atoms with van der Waals surface area (Å²) in [6.45, 7) is 10.1. The Kier molecular flexibility index (Phi) is 10.1. The summed E-state index contributed by atoms with van der Waals surface area (Å²) in [6, 6.07) is 21.3. The van der Waals surface area contributed by atoms with Crippen molar-refractivity contribution < 1.29 is 14.3 Å². The molecule has 0 atom stereocenters. The summed E-state index contributed by atoms with van der Waals surface area (Å²) in [7, 11) is 1.27. The molecule has 232 valence electrons. The maximum Gasteiger partial charge on any atom is 0.407 e. The lowest BCUT2D eigenvalue weighted by Crippen LogP contribution is -2.40. The van der Waals surface area contributed by atoms with E-state index in [1.165, 1.54) is 7.11 Å². The van der Waals surface area contributed by atoms with Gasteiger partial charge in [-0.05, 0) is 52.9 Å². The van der Waals surface area contributed by atoms with E-state index in [-0.39, 0.29) is 12.5 Å². The lowest BCUT2D eigenvalue weighted by Gasteiger charge is -2.21. The van der Waals surface area contributed by atoms with Crippen LogP contribution in [0.1, 0.15) is 31.9 Å². The minimum atomic E-state index is -0.635. The quantitative estimate of drug-likeness (QED) is 0.121. The molecule has 10 heteroatoms. The molecule has 0 saturated heterocycles. The fourth-order valence-electron chi connectivity index (χ4n) is 5.09. The normalized spacial score (nSPS) is 11.0. The molecular formula is C35H39N7O3. The van der Waals surface area contributed by atoms with Gasteiger partial charge in [0, 0.05) is 18.7 Å². The number of benzene rings is 3. The lowest BCUT2D eigenvalue weighted by atomic mass is 9.98. The molecule has 5 rings (SSSR count). The van der Waals surface area contributed by atoms with Crippen LogP contribution >= 0.6 is 0 Å². The molecule has 10 nitrogen and oxygen atoms in total. The van der Waals surface area contributed by atoms with E-state index in [4.69, 9.17) is 0 Å². The molecule has 4 N–H and O–H groups in total. The summed E-state index contributed by atoms with van der Waals surface area (Å²) in [4.78, 5) is 41.4. The Hall–Kier alpha value is -5.22. The first kappa shape index (κ1) is 31.2. The van der Waals surface area contributed by atoms with Gasteiger partial charge in [0.05, 0.1) is 44.0 Å². The smallest absolute Gasteiger partial charge is 0.407 e. The predicted molar refractivity (Wildman–Crippen MR) is 177 cm³/mol. The first-order valence-electron chi connectivity index (χ1n) is 15.0. The minimum absolute atomic E-state index is 0.128. The molecule has 0 spiro atoms. The second kappa shape index (κ2) is 14.5. The van der Waals surface area contributed by atoms with Gasteiger partial charge in [-0.2, -0.15) is 0 Å². The van der Waals surface area contributed by atoms with Crippen molar-refractivity contribution in [2.45, 2.75) is 33.4 Å². The number of carbonyl (C=O) groups excluding carboxylic acids is 2. The van der Waals surface area contributed by atoms with E-state index >= 15 is 0 Å². The van der Waals surface area contributed by atoms with Crippen LogP contribution in [-0.4, -0.2) is 63.6 Å². The molecule has 0 aliphatic rings. The Morgan fingerprint density at radius 1 is 0.844 bits per heavy atom. The van der Waals surface area contributed by atoms with Crippen LogP contribution in [0.5, 0.6) is 0 Å². The highest BCUT2D eigenvalue weighted by molar-refractivity contribution is 5.90. The average Bonchev–Trinajstić information content (AvgIpc) is 3.73. The Bertz CT molecular complexity index is 1790. The van der Waals surface area contributed by atoms with Crippen LogP contribution in [0.15, 0.2) is 85.2 Å². The summed E-state index contributed by atoms with van der Waals surface area (Å²) in [6.07, 6.45) is 3.81. The number of methoxy groups -OCH3 is 1. The van der Waals surface area contributed by atoms with Crippen LogP contribution in [-0.2, 0) is 22.6 Å². The van der Waals surface area contributed by atoms with E-state index in [0.717, 1.165) is 68.8 Å². The molecule has 3 aromatic carbocycles. The lowest BCUT2D eigenvalue weighted by molar-refractivity contribution is -0.130. The van der Waals surface area contributed by atoms with Gasteiger partial charge >= 0.3 is 6.09 Å². The average molecular weight is 606 g/mol. The zero-order valence-corrected chi connectivity index (χ0v) is 25.9. The van der Waals surface area contributed by atoms with E-state index < -0.39 is 6.09 Å². The van der Waals surface area contributed by atoms with Crippen LogP contribution in [0.25, 0.3) is 44.4 Å². The molecule has 0 fully saturated rings.